The van der Waals surface area contributed by atoms with Crippen molar-refractivity contribution in [2.75, 3.05) is 0 Å². The van der Waals surface area contributed by atoms with E-state index < -0.39 is 11.7 Å². The zero-order valence-corrected chi connectivity index (χ0v) is 22.5. The Labute approximate surface area is 235 Å². The van der Waals surface area contributed by atoms with Crippen molar-refractivity contribution in [1.82, 2.24) is 14.8 Å². The second-order valence-electron chi connectivity index (χ2n) is 9.95. The fourth-order valence-corrected chi connectivity index (χ4v) is 4.80. The molecular formula is C34H26F3N3O. The van der Waals surface area contributed by atoms with E-state index in [1.54, 1.807) is 48.5 Å². The lowest BCUT2D eigenvalue weighted by Crippen LogP contribution is -2.08. The molecule has 4 aromatic carbocycles. The number of alkyl halides is 3. The Kier molecular flexibility index (Phi) is 6.79. The normalized spacial score (nSPS) is 11.6. The molecule has 2 aromatic heterocycles. The van der Waals surface area contributed by atoms with Crippen LogP contribution in [0.15, 0.2) is 109 Å². The Bertz CT molecular complexity index is 1830. The molecule has 6 rings (SSSR count). The third kappa shape index (κ3) is 5.31. The highest BCUT2D eigenvalue weighted by Crippen LogP contribution is 2.41. The quantitative estimate of drug-likeness (QED) is 0.208. The van der Waals surface area contributed by atoms with Crippen LogP contribution in [0.5, 0.6) is 5.75 Å². The van der Waals surface area contributed by atoms with Gasteiger partial charge in [-0.05, 0) is 67.4 Å². The van der Waals surface area contributed by atoms with Crippen molar-refractivity contribution < 1.29 is 17.9 Å². The first-order valence-corrected chi connectivity index (χ1v) is 13.2. The number of para-hydroxylation sites is 1. The van der Waals surface area contributed by atoms with E-state index in [9.17, 15) is 13.2 Å². The maximum atomic E-state index is 14.7. The predicted octanol–water partition coefficient (Wildman–Crippen LogP) is 8.97. The van der Waals surface area contributed by atoms with Gasteiger partial charge >= 0.3 is 6.18 Å². The van der Waals surface area contributed by atoms with E-state index in [0.29, 0.717) is 29.2 Å². The van der Waals surface area contributed by atoms with E-state index in [1.165, 1.54) is 4.68 Å². The first kappa shape index (κ1) is 26.3. The summed E-state index contributed by atoms with van der Waals surface area (Å²) < 4.78 is 51.4. The van der Waals surface area contributed by atoms with Gasteiger partial charge in [0.15, 0.2) is 5.65 Å². The van der Waals surface area contributed by atoms with E-state index in [0.717, 1.165) is 22.8 Å². The Hall–Kier alpha value is -4.91. The van der Waals surface area contributed by atoms with Gasteiger partial charge in [0.2, 0.25) is 0 Å². The minimum absolute atomic E-state index is 0.0351. The number of aryl methyl sites for hydroxylation is 2. The minimum atomic E-state index is -4.63. The van der Waals surface area contributed by atoms with E-state index >= 15 is 0 Å². The van der Waals surface area contributed by atoms with Gasteiger partial charge in [-0.15, -0.1) is 0 Å². The number of aromatic nitrogens is 3. The van der Waals surface area contributed by atoms with Crippen LogP contribution in [0.25, 0.3) is 39.2 Å². The number of pyridine rings is 1. The molecule has 0 saturated heterocycles. The van der Waals surface area contributed by atoms with Crippen LogP contribution in [-0.2, 0) is 12.8 Å². The third-order valence-electron chi connectivity index (χ3n) is 7.07. The number of halogens is 3. The van der Waals surface area contributed by atoms with Crippen molar-refractivity contribution in [3.8, 4) is 34.0 Å². The second-order valence-corrected chi connectivity index (χ2v) is 9.95. The number of nitrogens with zero attached hydrogens (tertiary/aromatic N) is 3. The van der Waals surface area contributed by atoms with Gasteiger partial charge in [0.05, 0.1) is 22.3 Å². The van der Waals surface area contributed by atoms with Crippen molar-refractivity contribution in [3.05, 3.63) is 131 Å². The Balaban J connectivity index is 1.47. The van der Waals surface area contributed by atoms with Gasteiger partial charge in [-0.1, -0.05) is 72.3 Å². The molecule has 0 spiro atoms. The molecule has 0 aliphatic rings. The van der Waals surface area contributed by atoms with Gasteiger partial charge in [-0.25, -0.2) is 9.67 Å². The lowest BCUT2D eigenvalue weighted by atomic mass is 10.0. The van der Waals surface area contributed by atoms with Gasteiger partial charge in [-0.3, -0.25) is 0 Å². The SMILES string of the molecule is Cc1ccc(-c2nn(-c3ccccc3)c3nc(-c4ccc(OCc5ccccc5C)cc4)cc(C(F)(F)F)c23)cc1. The van der Waals surface area contributed by atoms with Crippen LogP contribution in [0, 0.1) is 13.8 Å². The van der Waals surface area contributed by atoms with Gasteiger partial charge in [0.1, 0.15) is 18.1 Å². The van der Waals surface area contributed by atoms with Gasteiger partial charge in [0, 0.05) is 11.1 Å². The van der Waals surface area contributed by atoms with Crippen LogP contribution < -0.4 is 4.74 Å². The van der Waals surface area contributed by atoms with Crippen molar-refractivity contribution in [2.45, 2.75) is 26.6 Å². The second kappa shape index (κ2) is 10.6. The molecule has 2 heterocycles. The van der Waals surface area contributed by atoms with Crippen molar-refractivity contribution in [3.63, 3.8) is 0 Å². The van der Waals surface area contributed by atoms with Crippen LogP contribution in [0.2, 0.25) is 0 Å². The predicted molar refractivity (Wildman–Crippen MR) is 155 cm³/mol. The highest BCUT2D eigenvalue weighted by Gasteiger charge is 2.36. The van der Waals surface area contributed by atoms with Crippen LogP contribution in [-0.4, -0.2) is 14.8 Å². The number of rotatable bonds is 6. The molecule has 0 unspecified atom stereocenters. The van der Waals surface area contributed by atoms with Gasteiger partial charge < -0.3 is 4.74 Å². The van der Waals surface area contributed by atoms with Gasteiger partial charge in [0.25, 0.3) is 0 Å². The van der Waals surface area contributed by atoms with E-state index in [4.69, 9.17) is 9.72 Å². The fraction of sp³-hybridized carbons (Fsp3) is 0.118. The lowest BCUT2D eigenvalue weighted by Gasteiger charge is -2.13. The summed E-state index contributed by atoms with van der Waals surface area (Å²) >= 11 is 0. The topological polar surface area (TPSA) is 39.9 Å². The molecule has 0 N–H and O–H groups in total. The average Bonchev–Trinajstić information content (AvgIpc) is 3.36. The van der Waals surface area contributed by atoms with Crippen LogP contribution in [0.3, 0.4) is 0 Å². The van der Waals surface area contributed by atoms with Gasteiger partial charge in [-0.2, -0.15) is 18.3 Å². The molecule has 4 nitrogen and oxygen atoms in total. The molecule has 0 saturated carbocycles. The average molecular weight is 550 g/mol. The molecule has 6 aromatic rings. The van der Waals surface area contributed by atoms with Crippen molar-refractivity contribution >= 4 is 11.0 Å². The largest absolute Gasteiger partial charge is 0.489 e. The van der Waals surface area contributed by atoms with Crippen molar-refractivity contribution in [1.29, 1.82) is 0 Å². The monoisotopic (exact) mass is 549 g/mol. The number of benzene rings is 4. The maximum Gasteiger partial charge on any atom is 0.417 e. The van der Waals surface area contributed by atoms with Crippen LogP contribution in [0.1, 0.15) is 22.3 Å². The standard InChI is InChI=1S/C34H26F3N3O/c1-22-12-14-25(15-13-22)32-31-29(34(35,36)37)20-30(38-33(31)40(39-32)27-10-4-3-5-11-27)24-16-18-28(19-17-24)41-21-26-9-7-6-8-23(26)2/h3-20H,21H2,1-2H3. The Morgan fingerprint density at radius 3 is 2.10 bits per heavy atom. The molecule has 7 heteroatoms. The minimum Gasteiger partial charge on any atom is -0.489 e. The summed E-state index contributed by atoms with van der Waals surface area (Å²) in [5.74, 6) is 0.616. The summed E-state index contributed by atoms with van der Waals surface area (Å²) in [7, 11) is 0. The molecular weight excluding hydrogens is 523 g/mol. The summed E-state index contributed by atoms with van der Waals surface area (Å²) in [5.41, 5.74) is 4.73. The molecule has 204 valence electrons. The number of fused-ring (bicyclic) bond motifs is 1. The highest BCUT2D eigenvalue weighted by atomic mass is 19.4. The fourth-order valence-electron chi connectivity index (χ4n) is 4.80. The molecule has 0 radical (unpaired) electrons. The number of ether oxygens (including phenoxy) is 1. The third-order valence-corrected chi connectivity index (χ3v) is 7.07. The summed E-state index contributed by atoms with van der Waals surface area (Å²) in [6.07, 6.45) is -4.63. The molecule has 0 atom stereocenters. The van der Waals surface area contributed by atoms with Crippen LogP contribution in [0.4, 0.5) is 13.2 Å². The first-order chi connectivity index (χ1) is 19.8. The molecule has 0 aliphatic heterocycles. The Morgan fingerprint density at radius 2 is 1.41 bits per heavy atom. The zero-order valence-electron chi connectivity index (χ0n) is 22.5. The molecule has 0 amide bonds. The summed E-state index contributed by atoms with van der Waals surface area (Å²) in [6, 6.07) is 32.4. The van der Waals surface area contributed by atoms with E-state index in [-0.39, 0.29) is 22.4 Å². The van der Waals surface area contributed by atoms with E-state index in [2.05, 4.69) is 5.10 Å². The lowest BCUT2D eigenvalue weighted by molar-refractivity contribution is -0.136. The molecule has 0 bridgehead atoms. The molecule has 0 fully saturated rings. The van der Waals surface area contributed by atoms with E-state index in [1.807, 2.05) is 68.4 Å². The van der Waals surface area contributed by atoms with Crippen molar-refractivity contribution in [2.24, 2.45) is 0 Å². The molecule has 0 aliphatic carbocycles. The zero-order chi connectivity index (χ0) is 28.6. The van der Waals surface area contributed by atoms with Crippen LogP contribution >= 0.6 is 0 Å². The highest BCUT2D eigenvalue weighted by molar-refractivity contribution is 5.96. The Morgan fingerprint density at radius 1 is 0.756 bits per heavy atom. The smallest absolute Gasteiger partial charge is 0.417 e. The first-order valence-electron chi connectivity index (χ1n) is 13.2. The maximum absolute atomic E-state index is 14.7. The number of hydrogen-bond donors (Lipinski definition) is 0. The molecule has 41 heavy (non-hydrogen) atoms. The number of hydrogen-bond acceptors (Lipinski definition) is 3. The summed E-state index contributed by atoms with van der Waals surface area (Å²) in [6.45, 7) is 4.34. The summed E-state index contributed by atoms with van der Waals surface area (Å²) in [4.78, 5) is 4.75. The summed E-state index contributed by atoms with van der Waals surface area (Å²) in [5, 5.41) is 4.64.